The van der Waals surface area contributed by atoms with Gasteiger partial charge in [-0.05, 0) is 42.0 Å². The van der Waals surface area contributed by atoms with Crippen LogP contribution in [0.2, 0.25) is 0 Å². The van der Waals surface area contributed by atoms with Crippen molar-refractivity contribution >= 4 is 34.1 Å². The second-order valence-corrected chi connectivity index (χ2v) is 6.91. The van der Waals surface area contributed by atoms with E-state index in [1.165, 1.54) is 17.0 Å². The minimum absolute atomic E-state index is 0.164. The van der Waals surface area contributed by atoms with Crippen molar-refractivity contribution in [3.05, 3.63) is 78.4 Å². The van der Waals surface area contributed by atoms with Gasteiger partial charge in [0, 0.05) is 21.8 Å². The molecule has 0 saturated heterocycles. The summed E-state index contributed by atoms with van der Waals surface area (Å²) in [5, 5.41) is 16.6. The van der Waals surface area contributed by atoms with Crippen molar-refractivity contribution in [2.75, 3.05) is 6.61 Å². The van der Waals surface area contributed by atoms with E-state index < -0.39 is 12.1 Å². The fraction of sp³-hybridized carbons (Fsp3) is 0.130. The molecule has 152 valence electrons. The van der Waals surface area contributed by atoms with Crippen LogP contribution in [0.15, 0.2) is 77.9 Å². The molecular weight excluding hydrogens is 380 g/mol. The van der Waals surface area contributed by atoms with E-state index in [-0.39, 0.29) is 6.61 Å². The van der Waals surface area contributed by atoms with Crippen molar-refractivity contribution in [3.63, 3.8) is 0 Å². The Hall–Kier alpha value is -3.84. The number of nitrogens with zero attached hydrogens (tertiary/aromatic N) is 2. The van der Waals surface area contributed by atoms with Gasteiger partial charge in [0.15, 0.2) is 0 Å². The lowest BCUT2D eigenvalue weighted by Crippen LogP contribution is -2.24. The molecule has 3 aromatic carbocycles. The highest BCUT2D eigenvalue weighted by Gasteiger charge is 2.13. The molecule has 0 aliphatic carbocycles. The van der Waals surface area contributed by atoms with Gasteiger partial charge in [-0.15, -0.1) is 0 Å². The van der Waals surface area contributed by atoms with Crippen LogP contribution in [0.4, 0.5) is 4.79 Å². The number of nitrogens with one attached hydrogen (secondary N) is 1. The Kier molecular flexibility index (Phi) is 5.63. The third-order valence-electron chi connectivity index (χ3n) is 4.78. The molecule has 1 unspecified atom stereocenters. The summed E-state index contributed by atoms with van der Waals surface area (Å²) in [6.45, 7) is 0.592. The molecule has 30 heavy (non-hydrogen) atoms. The molecule has 4 rings (SSSR count). The van der Waals surface area contributed by atoms with Crippen molar-refractivity contribution in [2.45, 2.75) is 12.6 Å². The van der Waals surface area contributed by atoms with Crippen molar-refractivity contribution < 1.29 is 14.6 Å². The highest BCUT2D eigenvalue weighted by Crippen LogP contribution is 2.28. The van der Waals surface area contributed by atoms with E-state index in [9.17, 15) is 9.90 Å². The molecule has 7 nitrogen and oxygen atoms in total. The van der Waals surface area contributed by atoms with Crippen LogP contribution in [0, 0.1) is 0 Å². The number of carbonyl (C=O) groups is 1. The predicted molar refractivity (Wildman–Crippen MR) is 118 cm³/mol. The molecule has 0 bridgehead atoms. The van der Waals surface area contributed by atoms with E-state index in [1.807, 2.05) is 24.3 Å². The lowest BCUT2D eigenvalue weighted by Gasteiger charge is -2.15. The van der Waals surface area contributed by atoms with E-state index in [2.05, 4.69) is 39.4 Å². The highest BCUT2D eigenvalue weighted by atomic mass is 16.5. The number of benzene rings is 3. The average molecular weight is 402 g/mol. The smallest absolute Gasteiger partial charge is 0.332 e. The number of urea groups is 1. The number of hydrazone groups is 1. The quantitative estimate of drug-likeness (QED) is 0.327. The number of rotatable bonds is 7. The monoisotopic (exact) mass is 402 g/mol. The van der Waals surface area contributed by atoms with E-state index in [0.717, 1.165) is 16.6 Å². The number of hydrogen-bond donors (Lipinski definition) is 3. The molecule has 4 N–H and O–H groups in total. The van der Waals surface area contributed by atoms with E-state index in [0.29, 0.717) is 12.3 Å². The summed E-state index contributed by atoms with van der Waals surface area (Å²) in [7, 11) is 0. The van der Waals surface area contributed by atoms with E-state index in [1.54, 1.807) is 24.3 Å². The summed E-state index contributed by atoms with van der Waals surface area (Å²) in [5.41, 5.74) is 10.0. The number of carbonyl (C=O) groups excluding carboxylic acids is 1. The van der Waals surface area contributed by atoms with Gasteiger partial charge in [-0.2, -0.15) is 5.10 Å². The number of aliphatic hydroxyl groups is 1. The zero-order chi connectivity index (χ0) is 20.9. The molecule has 1 heterocycles. The number of ether oxygens (including phenoxy) is 1. The minimum atomic E-state index is -0.719. The zero-order valence-electron chi connectivity index (χ0n) is 16.2. The fourth-order valence-corrected chi connectivity index (χ4v) is 3.48. The third-order valence-corrected chi connectivity index (χ3v) is 4.78. The van der Waals surface area contributed by atoms with Gasteiger partial charge in [0.05, 0.1) is 12.8 Å². The largest absolute Gasteiger partial charge is 0.491 e. The second-order valence-electron chi connectivity index (χ2n) is 6.91. The molecule has 0 spiro atoms. The highest BCUT2D eigenvalue weighted by molar-refractivity contribution is 6.07. The fourth-order valence-electron chi connectivity index (χ4n) is 3.48. The molecule has 0 saturated carbocycles. The maximum absolute atomic E-state index is 10.6. The van der Waals surface area contributed by atoms with E-state index >= 15 is 0 Å². The van der Waals surface area contributed by atoms with Crippen molar-refractivity contribution in [2.24, 2.45) is 10.8 Å². The number of hydrogen-bond acceptors (Lipinski definition) is 4. The number of primary amides is 1. The molecule has 0 aliphatic rings. The Labute approximate surface area is 173 Å². The average Bonchev–Trinajstić information content (AvgIpc) is 3.07. The molecular formula is C23H22N4O3. The predicted octanol–water partition coefficient (Wildman–Crippen LogP) is 3.24. The van der Waals surface area contributed by atoms with Gasteiger partial charge < -0.3 is 20.1 Å². The molecule has 2 amide bonds. The Morgan fingerprint density at radius 1 is 1.03 bits per heavy atom. The van der Waals surface area contributed by atoms with Gasteiger partial charge in [0.1, 0.15) is 18.5 Å². The standard InChI is InChI=1S/C23H22N4O3/c24-23(29)26-25-13-16-9-11-18(12-10-16)30-15-17(28)14-27-21-7-3-1-5-19(21)20-6-2-4-8-22(20)27/h1-13,17,28H,14-15H2,(H3,24,26,29)/b25-13-. The first kappa shape index (κ1) is 19.5. The Morgan fingerprint density at radius 2 is 1.63 bits per heavy atom. The van der Waals surface area contributed by atoms with Gasteiger partial charge >= 0.3 is 6.03 Å². The maximum Gasteiger partial charge on any atom is 0.332 e. The van der Waals surface area contributed by atoms with Gasteiger partial charge in [-0.25, -0.2) is 10.2 Å². The van der Waals surface area contributed by atoms with Crippen molar-refractivity contribution in [1.82, 2.24) is 9.99 Å². The number of fused-ring (bicyclic) bond motifs is 3. The third kappa shape index (κ3) is 4.26. The van der Waals surface area contributed by atoms with Crippen LogP contribution in [0.1, 0.15) is 5.56 Å². The lowest BCUT2D eigenvalue weighted by atomic mass is 10.2. The summed E-state index contributed by atoms with van der Waals surface area (Å²) >= 11 is 0. The zero-order valence-corrected chi connectivity index (χ0v) is 16.2. The molecule has 1 aromatic heterocycles. The van der Waals surface area contributed by atoms with Crippen LogP contribution >= 0.6 is 0 Å². The maximum atomic E-state index is 10.6. The minimum Gasteiger partial charge on any atom is -0.491 e. The Morgan fingerprint density at radius 3 is 2.23 bits per heavy atom. The molecule has 0 fully saturated rings. The molecule has 0 radical (unpaired) electrons. The molecule has 0 aliphatic heterocycles. The van der Waals surface area contributed by atoms with Crippen molar-refractivity contribution in [1.29, 1.82) is 0 Å². The number of nitrogens with two attached hydrogens (primary N) is 1. The summed E-state index contributed by atoms with van der Waals surface area (Å²) in [6, 6.07) is 22.8. The Bertz CT molecular complexity index is 1150. The Balaban J connectivity index is 1.42. The van der Waals surface area contributed by atoms with Crippen LogP contribution in [0.5, 0.6) is 5.75 Å². The van der Waals surface area contributed by atoms with Gasteiger partial charge in [0.2, 0.25) is 0 Å². The van der Waals surface area contributed by atoms with Crippen LogP contribution in [0.3, 0.4) is 0 Å². The van der Waals surface area contributed by atoms with Gasteiger partial charge in [-0.3, -0.25) is 0 Å². The normalized spacial score (nSPS) is 12.4. The van der Waals surface area contributed by atoms with Gasteiger partial charge in [-0.1, -0.05) is 36.4 Å². The number of aromatic nitrogens is 1. The topological polar surface area (TPSA) is 102 Å². The number of aliphatic hydroxyl groups excluding tert-OH is 1. The summed E-state index contributed by atoms with van der Waals surface area (Å²) < 4.78 is 7.87. The summed E-state index contributed by atoms with van der Waals surface area (Å²) in [5.74, 6) is 0.635. The number of para-hydroxylation sites is 2. The SMILES string of the molecule is NC(=O)N/N=C\c1ccc(OCC(O)Cn2c3ccccc3c3ccccc32)cc1. The van der Waals surface area contributed by atoms with Crippen LogP contribution in [-0.2, 0) is 6.54 Å². The lowest BCUT2D eigenvalue weighted by molar-refractivity contribution is 0.0945. The summed E-state index contributed by atoms with van der Waals surface area (Å²) in [4.78, 5) is 10.6. The van der Waals surface area contributed by atoms with Crippen LogP contribution in [-0.4, -0.2) is 34.6 Å². The summed E-state index contributed by atoms with van der Waals surface area (Å²) in [6.07, 6.45) is 0.802. The van der Waals surface area contributed by atoms with Gasteiger partial charge in [0.25, 0.3) is 0 Å². The van der Waals surface area contributed by atoms with Crippen molar-refractivity contribution in [3.8, 4) is 5.75 Å². The first-order valence-electron chi connectivity index (χ1n) is 9.57. The second kappa shape index (κ2) is 8.67. The van der Waals surface area contributed by atoms with E-state index in [4.69, 9.17) is 10.5 Å². The molecule has 1 atom stereocenters. The van der Waals surface area contributed by atoms with Crippen LogP contribution in [0.25, 0.3) is 21.8 Å². The molecule has 7 heteroatoms. The molecule has 4 aromatic rings. The first-order valence-corrected chi connectivity index (χ1v) is 9.57. The van der Waals surface area contributed by atoms with Crippen LogP contribution < -0.4 is 15.9 Å². The number of amides is 2. The first-order chi connectivity index (χ1) is 14.6.